The number of halogens is 2. The predicted octanol–water partition coefficient (Wildman–Crippen LogP) is 5.97. The van der Waals surface area contributed by atoms with Gasteiger partial charge in [-0.25, -0.2) is 4.39 Å². The van der Waals surface area contributed by atoms with Crippen molar-refractivity contribution in [3.63, 3.8) is 0 Å². The Labute approximate surface area is 169 Å². The van der Waals surface area contributed by atoms with Crippen LogP contribution in [0, 0.1) is 5.82 Å². The van der Waals surface area contributed by atoms with Gasteiger partial charge >= 0.3 is 0 Å². The molecule has 0 aliphatic heterocycles. The van der Waals surface area contributed by atoms with Crippen LogP contribution in [0.5, 0.6) is 0 Å². The lowest BCUT2D eigenvalue weighted by Crippen LogP contribution is -2.15. The van der Waals surface area contributed by atoms with Gasteiger partial charge in [-0.15, -0.1) is 11.3 Å². The topological polar surface area (TPSA) is 46.2 Å². The standard InChI is InChI=1S/C22H13ClFNO2S/c23-15-5-3-4-14(12-15)19-20(26)17-6-1-2-7-18(17)28-22(19)25-21(27)13-8-10-16(24)11-9-13/h1-12H,(H,25,27). The first-order chi connectivity index (χ1) is 13.5. The molecule has 0 aliphatic carbocycles. The van der Waals surface area contributed by atoms with Crippen LogP contribution in [-0.2, 0) is 0 Å². The highest BCUT2D eigenvalue weighted by Crippen LogP contribution is 2.34. The third kappa shape index (κ3) is 3.54. The van der Waals surface area contributed by atoms with Crippen LogP contribution >= 0.6 is 22.9 Å². The number of carbonyl (C=O) groups is 1. The summed E-state index contributed by atoms with van der Waals surface area (Å²) in [6.07, 6.45) is 0. The summed E-state index contributed by atoms with van der Waals surface area (Å²) in [5.41, 5.74) is 1.10. The molecule has 1 heterocycles. The smallest absolute Gasteiger partial charge is 0.256 e. The second-order valence-corrected chi connectivity index (χ2v) is 7.59. The van der Waals surface area contributed by atoms with E-state index in [0.717, 1.165) is 4.70 Å². The fraction of sp³-hybridized carbons (Fsp3) is 0. The predicted molar refractivity (Wildman–Crippen MR) is 113 cm³/mol. The van der Waals surface area contributed by atoms with E-state index in [0.29, 0.717) is 32.1 Å². The Morgan fingerprint density at radius 1 is 0.964 bits per heavy atom. The van der Waals surface area contributed by atoms with E-state index in [9.17, 15) is 14.0 Å². The van der Waals surface area contributed by atoms with Crippen molar-refractivity contribution < 1.29 is 9.18 Å². The second kappa shape index (κ2) is 7.54. The number of hydrogen-bond acceptors (Lipinski definition) is 3. The minimum atomic E-state index is -0.425. The van der Waals surface area contributed by atoms with Gasteiger partial charge in [-0.1, -0.05) is 35.9 Å². The van der Waals surface area contributed by atoms with Gasteiger partial charge < -0.3 is 5.32 Å². The summed E-state index contributed by atoms with van der Waals surface area (Å²) in [5, 5.41) is 4.29. The van der Waals surface area contributed by atoms with Crippen molar-refractivity contribution >= 4 is 43.9 Å². The average molecular weight is 410 g/mol. The van der Waals surface area contributed by atoms with Crippen LogP contribution in [0.15, 0.2) is 77.6 Å². The Morgan fingerprint density at radius 3 is 2.46 bits per heavy atom. The van der Waals surface area contributed by atoms with Crippen molar-refractivity contribution in [3.8, 4) is 11.1 Å². The SMILES string of the molecule is O=C(Nc1sc2ccccc2c(=O)c1-c1cccc(Cl)c1)c1ccc(F)cc1. The minimum absolute atomic E-state index is 0.189. The number of amides is 1. The fourth-order valence-corrected chi connectivity index (χ4v) is 4.20. The number of fused-ring (bicyclic) bond motifs is 1. The third-order valence-corrected chi connectivity index (χ3v) is 5.57. The molecule has 0 saturated carbocycles. The van der Waals surface area contributed by atoms with Gasteiger partial charge in [0.15, 0.2) is 5.43 Å². The summed E-state index contributed by atoms with van der Waals surface area (Å²) in [4.78, 5) is 25.9. The minimum Gasteiger partial charge on any atom is -0.313 e. The fourth-order valence-electron chi connectivity index (χ4n) is 2.91. The molecule has 0 bridgehead atoms. The molecule has 1 amide bonds. The second-order valence-electron chi connectivity index (χ2n) is 6.10. The average Bonchev–Trinajstić information content (AvgIpc) is 2.68. The van der Waals surface area contributed by atoms with Crippen molar-refractivity contribution in [2.45, 2.75) is 0 Å². The Kier molecular flexibility index (Phi) is 4.94. The van der Waals surface area contributed by atoms with Crippen LogP contribution in [-0.4, -0.2) is 5.91 Å². The van der Waals surface area contributed by atoms with Gasteiger partial charge in [0.2, 0.25) is 0 Å². The molecule has 4 rings (SSSR count). The van der Waals surface area contributed by atoms with Gasteiger partial charge in [0.05, 0.1) is 5.56 Å². The highest BCUT2D eigenvalue weighted by Gasteiger charge is 2.17. The van der Waals surface area contributed by atoms with Gasteiger partial charge in [0.1, 0.15) is 10.8 Å². The molecule has 0 saturated heterocycles. The summed E-state index contributed by atoms with van der Waals surface area (Å²) in [6.45, 7) is 0. The zero-order chi connectivity index (χ0) is 19.7. The van der Waals surface area contributed by atoms with E-state index in [1.54, 1.807) is 36.4 Å². The van der Waals surface area contributed by atoms with E-state index in [1.165, 1.54) is 35.6 Å². The maximum atomic E-state index is 13.2. The highest BCUT2D eigenvalue weighted by atomic mass is 35.5. The van der Waals surface area contributed by atoms with Crippen LogP contribution in [0.2, 0.25) is 5.02 Å². The summed E-state index contributed by atoms with van der Waals surface area (Å²) < 4.78 is 13.9. The van der Waals surface area contributed by atoms with Gasteiger partial charge in [-0.3, -0.25) is 9.59 Å². The lowest BCUT2D eigenvalue weighted by molar-refractivity contribution is 0.102. The summed E-state index contributed by atoms with van der Waals surface area (Å²) in [7, 11) is 0. The quantitative estimate of drug-likeness (QED) is 0.453. The molecule has 138 valence electrons. The molecule has 1 aromatic heterocycles. The first-order valence-electron chi connectivity index (χ1n) is 8.41. The molecule has 0 radical (unpaired) electrons. The third-order valence-electron chi connectivity index (χ3n) is 4.24. The molecule has 1 N–H and O–H groups in total. The van der Waals surface area contributed by atoms with E-state index >= 15 is 0 Å². The lowest BCUT2D eigenvalue weighted by Gasteiger charge is -2.12. The van der Waals surface area contributed by atoms with Gasteiger partial charge in [-0.05, 0) is 54.1 Å². The molecule has 28 heavy (non-hydrogen) atoms. The zero-order valence-corrected chi connectivity index (χ0v) is 16.0. The van der Waals surface area contributed by atoms with E-state index < -0.39 is 11.7 Å². The Bertz CT molecular complexity index is 1250. The van der Waals surface area contributed by atoms with Crippen molar-refractivity contribution in [3.05, 3.63) is 99.4 Å². The first kappa shape index (κ1) is 18.3. The highest BCUT2D eigenvalue weighted by molar-refractivity contribution is 7.22. The van der Waals surface area contributed by atoms with Gasteiger partial charge in [-0.2, -0.15) is 0 Å². The number of hydrogen-bond donors (Lipinski definition) is 1. The number of carbonyl (C=O) groups excluding carboxylic acids is 1. The molecule has 3 aromatic carbocycles. The lowest BCUT2D eigenvalue weighted by atomic mass is 10.1. The molecular formula is C22H13ClFNO2S. The molecule has 0 aliphatic rings. The maximum Gasteiger partial charge on any atom is 0.256 e. The Balaban J connectivity index is 1.88. The van der Waals surface area contributed by atoms with Gasteiger partial charge in [0, 0.05) is 20.7 Å². The molecule has 0 unspecified atom stereocenters. The maximum absolute atomic E-state index is 13.2. The van der Waals surface area contributed by atoms with Crippen molar-refractivity contribution in [1.82, 2.24) is 0 Å². The van der Waals surface area contributed by atoms with Crippen molar-refractivity contribution in [2.75, 3.05) is 5.32 Å². The largest absolute Gasteiger partial charge is 0.313 e. The normalized spacial score (nSPS) is 10.8. The molecular weight excluding hydrogens is 397 g/mol. The molecule has 0 spiro atoms. The van der Waals surface area contributed by atoms with Gasteiger partial charge in [0.25, 0.3) is 5.91 Å². The van der Waals surface area contributed by atoms with Crippen LogP contribution in [0.1, 0.15) is 10.4 Å². The number of benzene rings is 3. The monoisotopic (exact) mass is 409 g/mol. The van der Waals surface area contributed by atoms with E-state index in [4.69, 9.17) is 11.6 Å². The number of nitrogens with one attached hydrogen (secondary N) is 1. The summed E-state index contributed by atoms with van der Waals surface area (Å²) in [6, 6.07) is 19.4. The van der Waals surface area contributed by atoms with Crippen LogP contribution in [0.3, 0.4) is 0 Å². The number of anilines is 1. The van der Waals surface area contributed by atoms with Crippen molar-refractivity contribution in [1.29, 1.82) is 0 Å². The first-order valence-corrected chi connectivity index (χ1v) is 9.61. The van der Waals surface area contributed by atoms with Crippen LogP contribution in [0.4, 0.5) is 9.39 Å². The van der Waals surface area contributed by atoms with Crippen molar-refractivity contribution in [2.24, 2.45) is 0 Å². The molecule has 6 heteroatoms. The molecule has 0 fully saturated rings. The van der Waals surface area contributed by atoms with Crippen LogP contribution in [0.25, 0.3) is 21.2 Å². The molecule has 0 atom stereocenters. The Morgan fingerprint density at radius 2 is 1.71 bits per heavy atom. The zero-order valence-electron chi connectivity index (χ0n) is 14.4. The number of rotatable bonds is 3. The van der Waals surface area contributed by atoms with E-state index in [1.807, 2.05) is 12.1 Å². The summed E-state index contributed by atoms with van der Waals surface area (Å²) in [5.74, 6) is -0.847. The van der Waals surface area contributed by atoms with E-state index in [2.05, 4.69) is 5.32 Å². The van der Waals surface area contributed by atoms with E-state index in [-0.39, 0.29) is 5.43 Å². The molecule has 4 aromatic rings. The Hall–Kier alpha value is -3.02. The van der Waals surface area contributed by atoms with Crippen LogP contribution < -0.4 is 10.7 Å². The molecule has 3 nitrogen and oxygen atoms in total. The summed E-state index contributed by atoms with van der Waals surface area (Å²) >= 11 is 7.42.